The molecular weight excluding hydrogens is 196 g/mol. The van der Waals surface area contributed by atoms with E-state index in [9.17, 15) is 8.76 Å². The Morgan fingerprint density at radius 1 is 1.21 bits per heavy atom. The van der Waals surface area contributed by atoms with Crippen LogP contribution in [0.1, 0.15) is 32.3 Å². The molecule has 1 aromatic rings. The fraction of sp³-hybridized carbons (Fsp3) is 0.455. The molecule has 0 fully saturated rings. The van der Waals surface area contributed by atoms with Crippen LogP contribution >= 0.6 is 0 Å². The maximum Gasteiger partial charge on any atom is 0.0283 e. The summed E-state index contributed by atoms with van der Waals surface area (Å²) in [5.41, 5.74) is 0.913. The van der Waals surface area contributed by atoms with E-state index in [1.807, 2.05) is 12.1 Å². The first kappa shape index (κ1) is 11.4. The van der Waals surface area contributed by atoms with Crippen molar-refractivity contribution in [3.05, 3.63) is 29.8 Å². The minimum absolute atomic E-state index is 0.268. The van der Waals surface area contributed by atoms with E-state index in [1.54, 1.807) is 12.1 Å². The summed E-state index contributed by atoms with van der Waals surface area (Å²) in [7, 11) is 0. The summed E-state index contributed by atoms with van der Waals surface area (Å²) in [6.07, 6.45) is 0. The summed E-state index contributed by atoms with van der Waals surface area (Å²) < 4.78 is 21.9. The van der Waals surface area contributed by atoms with Gasteiger partial charge in [-0.05, 0) is 34.5 Å². The van der Waals surface area contributed by atoms with Crippen LogP contribution in [0.5, 0.6) is 0 Å². The van der Waals surface area contributed by atoms with Crippen molar-refractivity contribution in [2.24, 2.45) is 5.92 Å². The molecule has 0 saturated carbocycles. The van der Waals surface area contributed by atoms with Gasteiger partial charge in [-0.2, -0.15) is 0 Å². The Morgan fingerprint density at radius 3 is 2.29 bits per heavy atom. The number of rotatable bonds is 3. The van der Waals surface area contributed by atoms with Gasteiger partial charge in [-0.25, -0.2) is 0 Å². The summed E-state index contributed by atoms with van der Waals surface area (Å²) in [5.74, 6) is 0.712. The van der Waals surface area contributed by atoms with Gasteiger partial charge >= 0.3 is 0 Å². The highest BCUT2D eigenvalue weighted by Gasteiger charge is 2.13. The van der Waals surface area contributed by atoms with Crippen molar-refractivity contribution < 1.29 is 8.76 Å². The van der Waals surface area contributed by atoms with Gasteiger partial charge in [0.25, 0.3) is 0 Å². The van der Waals surface area contributed by atoms with E-state index in [0.29, 0.717) is 10.8 Å². The molecule has 2 unspecified atom stereocenters. The van der Waals surface area contributed by atoms with Crippen molar-refractivity contribution in [1.29, 1.82) is 0 Å². The van der Waals surface area contributed by atoms with Crippen LogP contribution in [0.25, 0.3) is 0 Å². The molecular formula is C11H15O2S-. The molecule has 0 saturated heterocycles. The lowest BCUT2D eigenvalue weighted by molar-refractivity contribution is 0.514. The molecule has 0 aromatic heterocycles. The SMILES string of the molecule is CC(C)C(C)c1ccccc1S(=O)[O-]. The maximum atomic E-state index is 10.9. The average Bonchev–Trinajstić information content (AvgIpc) is 2.16. The number of hydrogen-bond donors (Lipinski definition) is 0. The zero-order valence-electron chi connectivity index (χ0n) is 8.69. The van der Waals surface area contributed by atoms with Crippen molar-refractivity contribution in [3.8, 4) is 0 Å². The van der Waals surface area contributed by atoms with Gasteiger partial charge in [0.1, 0.15) is 0 Å². The van der Waals surface area contributed by atoms with Crippen molar-refractivity contribution in [3.63, 3.8) is 0 Å². The van der Waals surface area contributed by atoms with Crippen LogP contribution in [-0.2, 0) is 11.1 Å². The van der Waals surface area contributed by atoms with Crippen molar-refractivity contribution in [2.75, 3.05) is 0 Å². The Kier molecular flexibility index (Phi) is 3.84. The van der Waals surface area contributed by atoms with Crippen molar-refractivity contribution in [1.82, 2.24) is 0 Å². The Labute approximate surface area is 87.6 Å². The lowest BCUT2D eigenvalue weighted by Gasteiger charge is -2.20. The van der Waals surface area contributed by atoms with Crippen LogP contribution in [0.15, 0.2) is 29.2 Å². The molecule has 78 valence electrons. The van der Waals surface area contributed by atoms with E-state index in [2.05, 4.69) is 20.8 Å². The molecule has 0 amide bonds. The van der Waals surface area contributed by atoms with Crippen molar-refractivity contribution >= 4 is 11.1 Å². The van der Waals surface area contributed by atoms with Crippen LogP contribution in [0, 0.1) is 5.92 Å². The summed E-state index contributed by atoms with van der Waals surface area (Å²) in [6.45, 7) is 6.24. The summed E-state index contributed by atoms with van der Waals surface area (Å²) >= 11 is -2.13. The van der Waals surface area contributed by atoms with Crippen molar-refractivity contribution in [2.45, 2.75) is 31.6 Å². The minimum atomic E-state index is -2.13. The molecule has 2 nitrogen and oxygen atoms in total. The second-order valence-electron chi connectivity index (χ2n) is 3.81. The molecule has 3 heteroatoms. The lowest BCUT2D eigenvalue weighted by Crippen LogP contribution is -2.06. The Bertz CT molecular complexity index is 334. The van der Waals surface area contributed by atoms with Gasteiger partial charge in [0.15, 0.2) is 0 Å². The van der Waals surface area contributed by atoms with E-state index in [-0.39, 0.29) is 5.92 Å². The van der Waals surface area contributed by atoms with E-state index < -0.39 is 11.1 Å². The van der Waals surface area contributed by atoms with Gasteiger partial charge in [-0.3, -0.25) is 4.21 Å². The molecule has 1 rings (SSSR count). The predicted molar refractivity (Wildman–Crippen MR) is 56.9 cm³/mol. The van der Waals surface area contributed by atoms with Gasteiger partial charge in [-0.1, -0.05) is 39.0 Å². The Balaban J connectivity index is 3.13. The third kappa shape index (κ3) is 2.42. The third-order valence-corrected chi connectivity index (χ3v) is 3.32. The van der Waals surface area contributed by atoms with Crippen LogP contribution in [0.2, 0.25) is 0 Å². The zero-order chi connectivity index (χ0) is 10.7. The molecule has 0 radical (unpaired) electrons. The molecule has 0 aliphatic carbocycles. The summed E-state index contributed by atoms with van der Waals surface area (Å²) in [6, 6.07) is 7.17. The average molecular weight is 211 g/mol. The quantitative estimate of drug-likeness (QED) is 0.721. The molecule has 0 heterocycles. The summed E-state index contributed by atoms with van der Waals surface area (Å²) in [4.78, 5) is 0.425. The number of benzene rings is 1. The first-order valence-electron chi connectivity index (χ1n) is 4.72. The van der Waals surface area contributed by atoms with E-state index in [4.69, 9.17) is 0 Å². The fourth-order valence-corrected chi connectivity index (χ4v) is 2.00. The largest absolute Gasteiger partial charge is 0.768 e. The highest BCUT2D eigenvalue weighted by molar-refractivity contribution is 7.79. The molecule has 0 spiro atoms. The van der Waals surface area contributed by atoms with Crippen LogP contribution in [0.4, 0.5) is 0 Å². The van der Waals surface area contributed by atoms with E-state index >= 15 is 0 Å². The first-order valence-corrected chi connectivity index (χ1v) is 5.79. The Morgan fingerprint density at radius 2 is 1.79 bits per heavy atom. The van der Waals surface area contributed by atoms with E-state index in [0.717, 1.165) is 5.56 Å². The smallest absolute Gasteiger partial charge is 0.0283 e. The third-order valence-electron chi connectivity index (χ3n) is 2.59. The minimum Gasteiger partial charge on any atom is -0.768 e. The Hall–Kier alpha value is -0.670. The number of hydrogen-bond acceptors (Lipinski definition) is 2. The highest BCUT2D eigenvalue weighted by Crippen LogP contribution is 2.27. The molecule has 0 aliphatic heterocycles. The molecule has 2 atom stereocenters. The first-order chi connectivity index (χ1) is 6.54. The molecule has 0 bridgehead atoms. The van der Waals surface area contributed by atoms with Gasteiger partial charge in [0.05, 0.1) is 0 Å². The molecule has 14 heavy (non-hydrogen) atoms. The lowest BCUT2D eigenvalue weighted by atomic mass is 9.90. The van der Waals surface area contributed by atoms with Gasteiger partial charge in [0, 0.05) is 4.90 Å². The van der Waals surface area contributed by atoms with Gasteiger partial charge < -0.3 is 4.55 Å². The second kappa shape index (κ2) is 4.71. The van der Waals surface area contributed by atoms with Crippen LogP contribution in [-0.4, -0.2) is 8.76 Å². The summed E-state index contributed by atoms with van der Waals surface area (Å²) in [5, 5.41) is 0. The molecule has 1 aromatic carbocycles. The second-order valence-corrected chi connectivity index (χ2v) is 4.71. The molecule has 0 N–H and O–H groups in total. The standard InChI is InChI=1S/C11H16O2S/c1-8(2)9(3)10-6-4-5-7-11(10)14(12)13/h4-9H,1-3H3,(H,12,13)/p-1. The topological polar surface area (TPSA) is 40.1 Å². The van der Waals surface area contributed by atoms with Gasteiger partial charge in [-0.15, -0.1) is 0 Å². The normalized spacial score (nSPS) is 15.5. The molecule has 0 aliphatic rings. The van der Waals surface area contributed by atoms with Crippen LogP contribution < -0.4 is 0 Å². The maximum absolute atomic E-state index is 10.9. The zero-order valence-corrected chi connectivity index (χ0v) is 9.51. The fourth-order valence-electron chi connectivity index (χ4n) is 1.37. The van der Waals surface area contributed by atoms with Gasteiger partial charge in [0.2, 0.25) is 0 Å². The predicted octanol–water partition coefficient (Wildman–Crippen LogP) is 2.68. The monoisotopic (exact) mass is 211 g/mol. The van der Waals surface area contributed by atoms with Crippen LogP contribution in [0.3, 0.4) is 0 Å². The highest BCUT2D eigenvalue weighted by atomic mass is 32.2. The van der Waals surface area contributed by atoms with E-state index in [1.165, 1.54) is 0 Å².